The summed E-state index contributed by atoms with van der Waals surface area (Å²) in [5, 5.41) is 0. The lowest BCUT2D eigenvalue weighted by atomic mass is 10.2. The molecule has 0 saturated carbocycles. The van der Waals surface area contributed by atoms with E-state index in [4.69, 9.17) is 0 Å². The van der Waals surface area contributed by atoms with Gasteiger partial charge in [0.25, 0.3) is 0 Å². The topological polar surface area (TPSA) is 38.1 Å². The van der Waals surface area contributed by atoms with Crippen LogP contribution in [0, 0.1) is 0 Å². The lowest BCUT2D eigenvalue weighted by molar-refractivity contribution is 1.14. The normalized spacial score (nSPS) is 10.6. The van der Waals surface area contributed by atoms with Gasteiger partial charge in [-0.15, -0.1) is 0 Å². The number of rotatable bonds is 2. The van der Waals surface area contributed by atoms with Crippen LogP contribution in [0.25, 0.3) is 0 Å². The minimum atomic E-state index is 0.483. The molecule has 0 spiro atoms. The van der Waals surface area contributed by atoms with Crippen molar-refractivity contribution in [3.8, 4) is 0 Å². The molecule has 0 amide bonds. The van der Waals surface area contributed by atoms with Crippen LogP contribution in [-0.4, -0.2) is 16.2 Å². The molecule has 0 saturated heterocycles. The van der Waals surface area contributed by atoms with Gasteiger partial charge in [0.2, 0.25) is 5.95 Å². The third-order valence-corrected chi connectivity index (χ3v) is 1.68. The molecule has 3 heteroatoms. The Morgan fingerprint density at radius 1 is 0.929 bits per heavy atom. The van der Waals surface area contributed by atoms with Crippen LogP contribution in [0.3, 0.4) is 0 Å². The molecule has 14 heavy (non-hydrogen) atoms. The second-order valence-corrected chi connectivity index (χ2v) is 2.72. The van der Waals surface area contributed by atoms with Gasteiger partial charge in [0.1, 0.15) is 0 Å². The number of hydrogen-bond donors (Lipinski definition) is 0. The van der Waals surface area contributed by atoms with Gasteiger partial charge in [0.15, 0.2) is 0 Å². The molecule has 0 bridgehead atoms. The highest BCUT2D eigenvalue weighted by atomic mass is 15.0. The van der Waals surface area contributed by atoms with Crippen molar-refractivity contribution >= 4 is 12.2 Å². The molecule has 0 unspecified atom stereocenters. The summed E-state index contributed by atoms with van der Waals surface area (Å²) in [6.07, 6.45) is 5.09. The fourth-order valence-electron chi connectivity index (χ4n) is 1.03. The van der Waals surface area contributed by atoms with Crippen molar-refractivity contribution in [1.82, 2.24) is 9.97 Å². The summed E-state index contributed by atoms with van der Waals surface area (Å²) < 4.78 is 0. The Kier molecular flexibility index (Phi) is 2.62. The van der Waals surface area contributed by atoms with Gasteiger partial charge in [-0.1, -0.05) is 30.3 Å². The van der Waals surface area contributed by atoms with E-state index in [0.29, 0.717) is 5.95 Å². The molecule has 2 rings (SSSR count). The van der Waals surface area contributed by atoms with Gasteiger partial charge in [-0.05, 0) is 11.6 Å². The molecule has 1 heterocycles. The average molecular weight is 183 g/mol. The van der Waals surface area contributed by atoms with Gasteiger partial charge in [0.05, 0.1) is 0 Å². The smallest absolute Gasteiger partial charge is 0.220 e. The van der Waals surface area contributed by atoms with Gasteiger partial charge in [-0.25, -0.2) is 15.0 Å². The summed E-state index contributed by atoms with van der Waals surface area (Å²) in [7, 11) is 0. The van der Waals surface area contributed by atoms with Gasteiger partial charge in [-0.2, -0.15) is 0 Å². The third-order valence-electron chi connectivity index (χ3n) is 1.68. The molecular formula is C11H9N3. The molecular weight excluding hydrogens is 174 g/mol. The Morgan fingerprint density at radius 2 is 1.64 bits per heavy atom. The van der Waals surface area contributed by atoms with E-state index in [1.807, 2.05) is 30.3 Å². The Labute approximate surface area is 82.2 Å². The summed E-state index contributed by atoms with van der Waals surface area (Å²) in [6, 6.07) is 11.6. The number of aliphatic imine (C=N–C) groups is 1. The van der Waals surface area contributed by atoms with Gasteiger partial charge in [0, 0.05) is 18.6 Å². The van der Waals surface area contributed by atoms with Gasteiger partial charge in [-0.3, -0.25) is 0 Å². The van der Waals surface area contributed by atoms with Crippen LogP contribution in [0.2, 0.25) is 0 Å². The first-order valence-corrected chi connectivity index (χ1v) is 4.31. The van der Waals surface area contributed by atoms with E-state index in [0.717, 1.165) is 5.56 Å². The molecule has 68 valence electrons. The van der Waals surface area contributed by atoms with Crippen LogP contribution in [0.4, 0.5) is 5.95 Å². The summed E-state index contributed by atoms with van der Waals surface area (Å²) in [6.45, 7) is 0. The minimum absolute atomic E-state index is 0.483. The zero-order chi connectivity index (χ0) is 9.64. The Balaban J connectivity index is 2.16. The Bertz CT molecular complexity index is 368. The molecule has 0 atom stereocenters. The van der Waals surface area contributed by atoms with Crippen molar-refractivity contribution in [2.75, 3.05) is 0 Å². The van der Waals surface area contributed by atoms with E-state index in [-0.39, 0.29) is 0 Å². The highest BCUT2D eigenvalue weighted by Gasteiger charge is 1.87. The van der Waals surface area contributed by atoms with E-state index in [2.05, 4.69) is 15.0 Å². The quantitative estimate of drug-likeness (QED) is 0.669. The fraction of sp³-hybridized carbons (Fsp3) is 0. The molecule has 0 N–H and O–H groups in total. The average Bonchev–Trinajstić information content (AvgIpc) is 2.29. The van der Waals surface area contributed by atoms with Gasteiger partial charge >= 0.3 is 0 Å². The van der Waals surface area contributed by atoms with Crippen molar-refractivity contribution in [1.29, 1.82) is 0 Å². The van der Waals surface area contributed by atoms with E-state index in [1.54, 1.807) is 24.7 Å². The first kappa shape index (κ1) is 8.56. The first-order chi connectivity index (χ1) is 6.95. The molecule has 0 aliphatic carbocycles. The SMILES string of the molecule is C(=N\c1ncccn1)/c1ccccc1. The number of benzene rings is 1. The van der Waals surface area contributed by atoms with Crippen molar-refractivity contribution in [2.24, 2.45) is 4.99 Å². The number of nitrogens with zero attached hydrogens (tertiary/aromatic N) is 3. The zero-order valence-electron chi connectivity index (χ0n) is 7.54. The summed E-state index contributed by atoms with van der Waals surface area (Å²) in [5.74, 6) is 0.483. The Morgan fingerprint density at radius 3 is 2.36 bits per heavy atom. The largest absolute Gasteiger partial charge is 0.249 e. The van der Waals surface area contributed by atoms with E-state index >= 15 is 0 Å². The maximum Gasteiger partial charge on any atom is 0.249 e. The lowest BCUT2D eigenvalue weighted by Crippen LogP contribution is -1.81. The maximum atomic E-state index is 4.13. The van der Waals surface area contributed by atoms with Crippen molar-refractivity contribution in [2.45, 2.75) is 0 Å². The van der Waals surface area contributed by atoms with Crippen LogP contribution in [0.1, 0.15) is 5.56 Å². The van der Waals surface area contributed by atoms with E-state index < -0.39 is 0 Å². The summed E-state index contributed by atoms with van der Waals surface area (Å²) in [5.41, 5.74) is 1.04. The molecule has 1 aromatic carbocycles. The molecule has 1 aromatic heterocycles. The molecule has 0 aliphatic heterocycles. The third kappa shape index (κ3) is 2.23. The second-order valence-electron chi connectivity index (χ2n) is 2.72. The highest BCUT2D eigenvalue weighted by molar-refractivity contribution is 5.80. The zero-order valence-corrected chi connectivity index (χ0v) is 7.54. The van der Waals surface area contributed by atoms with Crippen molar-refractivity contribution in [3.63, 3.8) is 0 Å². The minimum Gasteiger partial charge on any atom is -0.220 e. The van der Waals surface area contributed by atoms with Gasteiger partial charge < -0.3 is 0 Å². The van der Waals surface area contributed by atoms with Crippen LogP contribution in [0.5, 0.6) is 0 Å². The molecule has 2 aromatic rings. The molecule has 3 nitrogen and oxygen atoms in total. The fourth-order valence-corrected chi connectivity index (χ4v) is 1.03. The van der Waals surface area contributed by atoms with Crippen LogP contribution >= 0.6 is 0 Å². The van der Waals surface area contributed by atoms with E-state index in [1.165, 1.54) is 0 Å². The molecule has 0 fully saturated rings. The lowest BCUT2D eigenvalue weighted by Gasteiger charge is -1.90. The maximum absolute atomic E-state index is 4.13. The predicted octanol–water partition coefficient (Wildman–Crippen LogP) is 2.23. The van der Waals surface area contributed by atoms with E-state index in [9.17, 15) is 0 Å². The number of aromatic nitrogens is 2. The van der Waals surface area contributed by atoms with Crippen molar-refractivity contribution in [3.05, 3.63) is 54.4 Å². The highest BCUT2D eigenvalue weighted by Crippen LogP contribution is 2.01. The van der Waals surface area contributed by atoms with Crippen LogP contribution in [-0.2, 0) is 0 Å². The Hall–Kier alpha value is -2.03. The number of hydrogen-bond acceptors (Lipinski definition) is 3. The molecule has 0 radical (unpaired) electrons. The molecule has 0 aliphatic rings. The monoisotopic (exact) mass is 183 g/mol. The van der Waals surface area contributed by atoms with Crippen LogP contribution in [0.15, 0.2) is 53.8 Å². The predicted molar refractivity (Wildman–Crippen MR) is 55.7 cm³/mol. The van der Waals surface area contributed by atoms with Crippen molar-refractivity contribution < 1.29 is 0 Å². The van der Waals surface area contributed by atoms with Crippen LogP contribution < -0.4 is 0 Å². The standard InChI is InChI=1S/C11H9N3/c1-2-5-10(6-3-1)9-14-11-12-7-4-8-13-11/h1-9H/b14-9+. The first-order valence-electron chi connectivity index (χ1n) is 4.31. The second kappa shape index (κ2) is 4.28. The summed E-state index contributed by atoms with van der Waals surface area (Å²) in [4.78, 5) is 12.1. The summed E-state index contributed by atoms with van der Waals surface area (Å²) >= 11 is 0.